The van der Waals surface area contributed by atoms with Crippen LogP contribution in [0.1, 0.15) is 25.1 Å². The molecule has 0 radical (unpaired) electrons. The number of benzene rings is 2. The van der Waals surface area contributed by atoms with E-state index in [4.69, 9.17) is 0 Å². The Morgan fingerprint density at radius 1 is 0.947 bits per heavy atom. The van der Waals surface area contributed by atoms with E-state index in [1.54, 1.807) is 0 Å². The van der Waals surface area contributed by atoms with Gasteiger partial charge in [-0.3, -0.25) is 0 Å². The average molecular weight is 247 g/mol. The number of hydrogen-bond acceptors (Lipinski definition) is 0. The van der Waals surface area contributed by atoms with E-state index in [0.717, 1.165) is 0 Å². The summed E-state index contributed by atoms with van der Waals surface area (Å²) in [6, 6.07) is 20.2. The quantitative estimate of drug-likeness (QED) is 0.581. The van der Waals surface area contributed by atoms with Gasteiger partial charge in [0.05, 0.1) is 0 Å². The van der Waals surface area contributed by atoms with E-state index < -0.39 is 0 Å². The first-order chi connectivity index (χ1) is 9.36. The SMILES string of the molecule is CC1CCc2c(-c3ccccc3)c3ccccc3n21. The smallest absolute Gasteiger partial charge is 0.0491 e. The highest BCUT2D eigenvalue weighted by Gasteiger charge is 2.25. The highest BCUT2D eigenvalue weighted by molar-refractivity contribution is 5.98. The Bertz CT molecular complexity index is 737. The van der Waals surface area contributed by atoms with Gasteiger partial charge in [-0.1, -0.05) is 48.5 Å². The second-order valence-corrected chi connectivity index (χ2v) is 5.46. The zero-order valence-electron chi connectivity index (χ0n) is 11.1. The molecular weight excluding hydrogens is 230 g/mol. The van der Waals surface area contributed by atoms with E-state index in [9.17, 15) is 0 Å². The molecule has 2 aromatic carbocycles. The third kappa shape index (κ3) is 1.48. The lowest BCUT2D eigenvalue weighted by Crippen LogP contribution is -1.97. The monoisotopic (exact) mass is 247 g/mol. The van der Waals surface area contributed by atoms with Crippen molar-refractivity contribution in [2.45, 2.75) is 25.8 Å². The fraction of sp³-hybridized carbons (Fsp3) is 0.222. The van der Waals surface area contributed by atoms with Crippen LogP contribution in [0.5, 0.6) is 0 Å². The first kappa shape index (κ1) is 10.9. The summed E-state index contributed by atoms with van der Waals surface area (Å²) in [5.74, 6) is 0. The van der Waals surface area contributed by atoms with Gasteiger partial charge in [0.15, 0.2) is 0 Å². The van der Waals surface area contributed by atoms with Gasteiger partial charge in [-0.25, -0.2) is 0 Å². The van der Waals surface area contributed by atoms with E-state index >= 15 is 0 Å². The number of nitrogens with zero attached hydrogens (tertiary/aromatic N) is 1. The molecule has 2 heterocycles. The summed E-state index contributed by atoms with van der Waals surface area (Å²) in [7, 11) is 0. The molecule has 1 nitrogen and oxygen atoms in total. The summed E-state index contributed by atoms with van der Waals surface area (Å²) in [6.07, 6.45) is 2.46. The first-order valence-electron chi connectivity index (χ1n) is 7.03. The third-order valence-corrected chi connectivity index (χ3v) is 4.31. The molecule has 0 N–H and O–H groups in total. The predicted octanol–water partition coefficient (Wildman–Crippen LogP) is 4.82. The van der Waals surface area contributed by atoms with Gasteiger partial charge in [0.25, 0.3) is 0 Å². The molecule has 0 fully saturated rings. The van der Waals surface area contributed by atoms with Crippen LogP contribution in [-0.4, -0.2) is 4.57 Å². The Labute approximate surface area is 113 Å². The Balaban J connectivity index is 2.11. The molecule has 1 aromatic heterocycles. The lowest BCUT2D eigenvalue weighted by molar-refractivity contribution is 0.597. The highest BCUT2D eigenvalue weighted by Crippen LogP contribution is 2.41. The molecule has 1 atom stereocenters. The average Bonchev–Trinajstić information content (AvgIpc) is 2.98. The van der Waals surface area contributed by atoms with Crippen molar-refractivity contribution < 1.29 is 0 Å². The van der Waals surface area contributed by atoms with Crippen LogP contribution in [0.2, 0.25) is 0 Å². The van der Waals surface area contributed by atoms with Gasteiger partial charge in [0.2, 0.25) is 0 Å². The Morgan fingerprint density at radius 2 is 1.68 bits per heavy atom. The lowest BCUT2D eigenvalue weighted by Gasteiger charge is -2.07. The molecule has 1 aliphatic heterocycles. The van der Waals surface area contributed by atoms with Gasteiger partial charge in [0.1, 0.15) is 0 Å². The van der Waals surface area contributed by atoms with Gasteiger partial charge in [-0.15, -0.1) is 0 Å². The predicted molar refractivity (Wildman–Crippen MR) is 80.4 cm³/mol. The summed E-state index contributed by atoms with van der Waals surface area (Å²) in [6.45, 7) is 2.33. The zero-order valence-corrected chi connectivity index (χ0v) is 11.1. The van der Waals surface area contributed by atoms with Crippen LogP contribution in [0.4, 0.5) is 0 Å². The maximum atomic E-state index is 2.54. The molecule has 0 bridgehead atoms. The molecule has 0 amide bonds. The van der Waals surface area contributed by atoms with Gasteiger partial charge in [-0.05, 0) is 31.4 Å². The van der Waals surface area contributed by atoms with Crippen molar-refractivity contribution in [1.82, 2.24) is 4.57 Å². The molecule has 19 heavy (non-hydrogen) atoms. The third-order valence-electron chi connectivity index (χ3n) is 4.31. The van der Waals surface area contributed by atoms with Crippen molar-refractivity contribution in [1.29, 1.82) is 0 Å². The van der Waals surface area contributed by atoms with Crippen molar-refractivity contribution in [3.8, 4) is 11.1 Å². The largest absolute Gasteiger partial charge is 0.341 e. The topological polar surface area (TPSA) is 4.93 Å². The Morgan fingerprint density at radius 3 is 2.53 bits per heavy atom. The number of fused-ring (bicyclic) bond motifs is 3. The minimum absolute atomic E-state index is 0.623. The minimum atomic E-state index is 0.623. The minimum Gasteiger partial charge on any atom is -0.341 e. The van der Waals surface area contributed by atoms with E-state index in [0.29, 0.717) is 6.04 Å². The molecule has 0 spiro atoms. The lowest BCUT2D eigenvalue weighted by atomic mass is 10.00. The van der Waals surface area contributed by atoms with E-state index in [1.807, 2.05) is 0 Å². The van der Waals surface area contributed by atoms with Crippen LogP contribution in [0, 0.1) is 0 Å². The van der Waals surface area contributed by atoms with Crippen LogP contribution in [0.25, 0.3) is 22.0 Å². The summed E-state index contributed by atoms with van der Waals surface area (Å²) in [5.41, 5.74) is 5.70. The number of hydrogen-bond donors (Lipinski definition) is 0. The van der Waals surface area contributed by atoms with Crippen molar-refractivity contribution in [3.05, 3.63) is 60.3 Å². The maximum absolute atomic E-state index is 2.54. The van der Waals surface area contributed by atoms with E-state index in [2.05, 4.69) is 66.1 Å². The molecular formula is C18H17N. The standard InChI is InChI=1S/C18H17N/c1-13-11-12-17-18(14-7-3-2-4-8-14)15-9-5-6-10-16(15)19(13)17/h2-10,13H,11-12H2,1H3. The summed E-state index contributed by atoms with van der Waals surface area (Å²) in [4.78, 5) is 0. The number of aromatic nitrogens is 1. The molecule has 0 aliphatic carbocycles. The molecule has 0 saturated carbocycles. The van der Waals surface area contributed by atoms with Crippen molar-refractivity contribution in [2.75, 3.05) is 0 Å². The number of para-hydroxylation sites is 1. The van der Waals surface area contributed by atoms with Crippen molar-refractivity contribution >= 4 is 10.9 Å². The van der Waals surface area contributed by atoms with Crippen molar-refractivity contribution in [3.63, 3.8) is 0 Å². The van der Waals surface area contributed by atoms with Crippen LogP contribution < -0.4 is 0 Å². The van der Waals surface area contributed by atoms with Gasteiger partial charge in [-0.2, -0.15) is 0 Å². The molecule has 1 heteroatoms. The van der Waals surface area contributed by atoms with Crippen molar-refractivity contribution in [2.24, 2.45) is 0 Å². The maximum Gasteiger partial charge on any atom is 0.0491 e. The van der Waals surface area contributed by atoms with Gasteiger partial charge >= 0.3 is 0 Å². The second kappa shape index (κ2) is 3.99. The molecule has 94 valence electrons. The molecule has 4 rings (SSSR count). The highest BCUT2D eigenvalue weighted by atomic mass is 15.0. The zero-order chi connectivity index (χ0) is 12.8. The Hall–Kier alpha value is -2.02. The number of rotatable bonds is 1. The molecule has 3 aromatic rings. The fourth-order valence-electron chi connectivity index (χ4n) is 3.47. The van der Waals surface area contributed by atoms with E-state index in [-0.39, 0.29) is 0 Å². The van der Waals surface area contributed by atoms with Crippen LogP contribution in [0.15, 0.2) is 54.6 Å². The van der Waals surface area contributed by atoms with Gasteiger partial charge < -0.3 is 4.57 Å². The van der Waals surface area contributed by atoms with Crippen LogP contribution in [-0.2, 0) is 6.42 Å². The molecule has 1 unspecified atom stereocenters. The first-order valence-corrected chi connectivity index (χ1v) is 7.03. The fourth-order valence-corrected chi connectivity index (χ4v) is 3.47. The Kier molecular flexibility index (Phi) is 2.28. The second-order valence-electron chi connectivity index (χ2n) is 5.46. The summed E-state index contributed by atoms with van der Waals surface area (Å²) >= 11 is 0. The van der Waals surface area contributed by atoms with Crippen LogP contribution in [0.3, 0.4) is 0 Å². The van der Waals surface area contributed by atoms with Gasteiger partial charge in [0, 0.05) is 28.2 Å². The van der Waals surface area contributed by atoms with Crippen LogP contribution >= 0.6 is 0 Å². The molecule has 0 saturated heterocycles. The van der Waals surface area contributed by atoms with E-state index in [1.165, 1.54) is 40.6 Å². The normalized spacial score (nSPS) is 17.8. The summed E-state index contributed by atoms with van der Waals surface area (Å²) in [5, 5.41) is 1.40. The molecule has 1 aliphatic rings. The summed E-state index contributed by atoms with van der Waals surface area (Å²) < 4.78 is 2.54.